The van der Waals surface area contributed by atoms with E-state index >= 15 is 0 Å². The van der Waals surface area contributed by atoms with Gasteiger partial charge in [-0.3, -0.25) is 9.48 Å². The summed E-state index contributed by atoms with van der Waals surface area (Å²) in [5, 5.41) is 8.27. The lowest BCUT2D eigenvalue weighted by atomic mass is 10.1. The Kier molecular flexibility index (Phi) is 4.75. The molecule has 1 fully saturated rings. The zero-order chi connectivity index (χ0) is 19.8. The van der Waals surface area contributed by atoms with E-state index in [-0.39, 0.29) is 5.91 Å². The molecule has 0 atom stereocenters. The molecule has 0 radical (unpaired) electrons. The monoisotopic (exact) mass is 378 g/mol. The fourth-order valence-corrected chi connectivity index (χ4v) is 3.62. The molecule has 7 nitrogen and oxygen atoms in total. The van der Waals surface area contributed by atoms with E-state index in [9.17, 15) is 4.79 Å². The number of hydrogen-bond acceptors (Lipinski definition) is 5. The van der Waals surface area contributed by atoms with Gasteiger partial charge < -0.3 is 10.2 Å². The highest BCUT2D eigenvalue weighted by molar-refractivity contribution is 6.12. The number of nitrogens with zero attached hydrogens (tertiary/aromatic N) is 5. The van der Waals surface area contributed by atoms with Crippen LogP contribution < -0.4 is 10.2 Å². The second-order valence-corrected chi connectivity index (χ2v) is 7.31. The lowest BCUT2D eigenvalue weighted by molar-refractivity contribution is 0.102. The molecule has 1 N–H and O–H groups in total. The SMILES string of the molecule is CCN(CC)c1ccc(NC(=O)c2cc(C3CC3)nc3c2c(C)nn3C)cn1. The average molecular weight is 378 g/mol. The summed E-state index contributed by atoms with van der Waals surface area (Å²) < 4.78 is 1.76. The third-order valence-electron chi connectivity index (χ3n) is 5.32. The summed E-state index contributed by atoms with van der Waals surface area (Å²) in [5.41, 5.74) is 3.87. The maximum absolute atomic E-state index is 13.1. The van der Waals surface area contributed by atoms with Crippen LogP contribution in [-0.2, 0) is 7.05 Å². The normalized spacial score (nSPS) is 13.7. The number of fused-ring (bicyclic) bond motifs is 1. The van der Waals surface area contributed by atoms with E-state index in [2.05, 4.69) is 34.1 Å². The Hall–Kier alpha value is -2.96. The first-order chi connectivity index (χ1) is 13.5. The van der Waals surface area contributed by atoms with E-state index in [0.717, 1.165) is 54.2 Å². The molecule has 1 aliphatic rings. The Labute approximate surface area is 164 Å². The molecule has 1 amide bonds. The van der Waals surface area contributed by atoms with E-state index < -0.39 is 0 Å². The van der Waals surface area contributed by atoms with Crippen molar-refractivity contribution in [2.45, 2.75) is 39.5 Å². The van der Waals surface area contributed by atoms with Crippen molar-refractivity contribution >= 4 is 28.4 Å². The first kappa shape index (κ1) is 18.4. The molecule has 0 aliphatic heterocycles. The number of rotatable bonds is 6. The Morgan fingerprint density at radius 3 is 2.64 bits per heavy atom. The van der Waals surface area contributed by atoms with Crippen LogP contribution >= 0.6 is 0 Å². The lowest BCUT2D eigenvalue weighted by Gasteiger charge is -2.19. The van der Waals surface area contributed by atoms with Gasteiger partial charge in [-0.15, -0.1) is 0 Å². The number of aryl methyl sites for hydroxylation is 2. The summed E-state index contributed by atoms with van der Waals surface area (Å²) in [7, 11) is 1.87. The van der Waals surface area contributed by atoms with Gasteiger partial charge in [0.25, 0.3) is 5.91 Å². The molecule has 0 bridgehead atoms. The minimum absolute atomic E-state index is 0.150. The van der Waals surface area contributed by atoms with Gasteiger partial charge in [-0.1, -0.05) is 0 Å². The highest BCUT2D eigenvalue weighted by Gasteiger charge is 2.28. The number of carbonyl (C=O) groups is 1. The van der Waals surface area contributed by atoms with Gasteiger partial charge in [0.1, 0.15) is 5.82 Å². The van der Waals surface area contributed by atoms with Gasteiger partial charge in [-0.05, 0) is 51.8 Å². The molecule has 1 saturated carbocycles. The topological polar surface area (TPSA) is 75.9 Å². The molecule has 1 aliphatic carbocycles. The maximum atomic E-state index is 13.1. The molecule has 3 heterocycles. The predicted octanol–water partition coefficient (Wildman–Crippen LogP) is 3.65. The summed E-state index contributed by atoms with van der Waals surface area (Å²) in [6, 6.07) is 5.77. The van der Waals surface area contributed by atoms with Crippen molar-refractivity contribution in [3.63, 3.8) is 0 Å². The van der Waals surface area contributed by atoms with E-state index in [4.69, 9.17) is 4.98 Å². The largest absolute Gasteiger partial charge is 0.357 e. The Morgan fingerprint density at radius 2 is 2.04 bits per heavy atom. The standard InChI is InChI=1S/C21H26N6O/c1-5-27(6-2)18-10-9-15(12-22-18)23-21(28)16-11-17(14-7-8-14)24-20-19(16)13(3)25-26(20)4/h9-12,14H,5-8H2,1-4H3,(H,23,28). The third-order valence-corrected chi connectivity index (χ3v) is 5.32. The molecular weight excluding hydrogens is 352 g/mol. The second kappa shape index (κ2) is 7.22. The van der Waals surface area contributed by atoms with Crippen LogP contribution in [0.25, 0.3) is 11.0 Å². The van der Waals surface area contributed by atoms with Crippen LogP contribution in [0.1, 0.15) is 54.4 Å². The van der Waals surface area contributed by atoms with Gasteiger partial charge in [-0.2, -0.15) is 5.10 Å². The zero-order valence-electron chi connectivity index (χ0n) is 16.9. The third kappa shape index (κ3) is 3.32. The van der Waals surface area contributed by atoms with Crippen LogP contribution in [0.2, 0.25) is 0 Å². The van der Waals surface area contributed by atoms with Crippen molar-refractivity contribution in [3.8, 4) is 0 Å². The van der Waals surface area contributed by atoms with Crippen molar-refractivity contribution in [2.24, 2.45) is 7.05 Å². The molecule has 0 aromatic carbocycles. The van der Waals surface area contributed by atoms with Gasteiger partial charge in [0.05, 0.1) is 28.5 Å². The number of pyridine rings is 2. The number of anilines is 2. The van der Waals surface area contributed by atoms with E-state index in [1.165, 1.54) is 0 Å². The van der Waals surface area contributed by atoms with E-state index in [1.807, 2.05) is 32.2 Å². The highest BCUT2D eigenvalue weighted by atomic mass is 16.1. The fourth-order valence-electron chi connectivity index (χ4n) is 3.62. The van der Waals surface area contributed by atoms with Crippen molar-refractivity contribution in [1.29, 1.82) is 0 Å². The van der Waals surface area contributed by atoms with Crippen molar-refractivity contribution < 1.29 is 4.79 Å². The number of carbonyl (C=O) groups excluding carboxylic acids is 1. The number of aromatic nitrogens is 4. The number of nitrogens with one attached hydrogen (secondary N) is 1. The van der Waals surface area contributed by atoms with Crippen LogP contribution in [0.3, 0.4) is 0 Å². The molecule has 0 spiro atoms. The molecule has 7 heteroatoms. The van der Waals surface area contributed by atoms with Crippen molar-refractivity contribution in [3.05, 3.63) is 41.3 Å². The summed E-state index contributed by atoms with van der Waals surface area (Å²) in [6.07, 6.45) is 3.97. The predicted molar refractivity (Wildman–Crippen MR) is 111 cm³/mol. The van der Waals surface area contributed by atoms with Crippen molar-refractivity contribution in [2.75, 3.05) is 23.3 Å². The number of amides is 1. The van der Waals surface area contributed by atoms with Crippen LogP contribution in [0.15, 0.2) is 24.4 Å². The smallest absolute Gasteiger partial charge is 0.256 e. The first-order valence-electron chi connectivity index (χ1n) is 9.88. The first-order valence-corrected chi connectivity index (χ1v) is 9.88. The molecule has 3 aromatic rings. The van der Waals surface area contributed by atoms with Crippen molar-refractivity contribution in [1.82, 2.24) is 19.7 Å². The van der Waals surface area contributed by atoms with Gasteiger partial charge in [-0.25, -0.2) is 9.97 Å². The summed E-state index contributed by atoms with van der Waals surface area (Å²) in [5.74, 6) is 1.22. The van der Waals surface area contributed by atoms with Gasteiger partial charge in [0, 0.05) is 31.7 Å². The quantitative estimate of drug-likeness (QED) is 0.709. The molecule has 4 rings (SSSR count). The molecule has 28 heavy (non-hydrogen) atoms. The average Bonchev–Trinajstić information content (AvgIpc) is 3.50. The summed E-state index contributed by atoms with van der Waals surface area (Å²) >= 11 is 0. The lowest BCUT2D eigenvalue weighted by Crippen LogP contribution is -2.23. The minimum atomic E-state index is -0.150. The molecule has 0 unspecified atom stereocenters. The molecule has 0 saturated heterocycles. The second-order valence-electron chi connectivity index (χ2n) is 7.31. The minimum Gasteiger partial charge on any atom is -0.357 e. The Bertz CT molecular complexity index is 1020. The highest BCUT2D eigenvalue weighted by Crippen LogP contribution is 2.40. The zero-order valence-corrected chi connectivity index (χ0v) is 16.9. The summed E-state index contributed by atoms with van der Waals surface area (Å²) in [6.45, 7) is 7.91. The van der Waals surface area contributed by atoms with Crippen LogP contribution in [0.5, 0.6) is 0 Å². The van der Waals surface area contributed by atoms with Crippen LogP contribution in [-0.4, -0.2) is 38.7 Å². The van der Waals surface area contributed by atoms with Crippen LogP contribution in [0, 0.1) is 6.92 Å². The Balaban J connectivity index is 1.65. The summed E-state index contributed by atoms with van der Waals surface area (Å²) in [4.78, 5) is 24.5. The molecule has 3 aromatic heterocycles. The molecule has 146 valence electrons. The van der Waals surface area contributed by atoms with E-state index in [1.54, 1.807) is 10.9 Å². The molecular formula is C21H26N6O. The van der Waals surface area contributed by atoms with Gasteiger partial charge in [0.15, 0.2) is 5.65 Å². The Morgan fingerprint density at radius 1 is 1.29 bits per heavy atom. The maximum Gasteiger partial charge on any atom is 0.256 e. The fraction of sp³-hybridized carbons (Fsp3) is 0.429. The number of hydrogen-bond donors (Lipinski definition) is 1. The van der Waals surface area contributed by atoms with Gasteiger partial charge in [0.2, 0.25) is 0 Å². The van der Waals surface area contributed by atoms with Crippen LogP contribution in [0.4, 0.5) is 11.5 Å². The van der Waals surface area contributed by atoms with Gasteiger partial charge >= 0.3 is 0 Å². The van der Waals surface area contributed by atoms with E-state index in [0.29, 0.717) is 17.2 Å².